The van der Waals surface area contributed by atoms with Gasteiger partial charge in [-0.05, 0) is 25.1 Å². The Balaban J connectivity index is 2.05. The summed E-state index contributed by atoms with van der Waals surface area (Å²) in [6, 6.07) is 8.36. The standard InChI is InChI=1S/C19H18NO6P/c1-3-12-25-27(24-4-2)26-16-9-8-15-17-13(16)6-5-7-14(17)18(22)20(10-11-21)19(15)23/h1,5-9,21H,4,10-12H2,2H3. The zero-order valence-corrected chi connectivity index (χ0v) is 15.6. The Morgan fingerprint density at radius 2 is 1.89 bits per heavy atom. The van der Waals surface area contributed by atoms with Crippen LogP contribution in [-0.2, 0) is 9.05 Å². The molecule has 7 nitrogen and oxygen atoms in total. The van der Waals surface area contributed by atoms with Crippen LogP contribution in [0.1, 0.15) is 27.6 Å². The molecule has 2 aromatic rings. The molecule has 2 amide bonds. The number of carbonyl (C=O) groups excluding carboxylic acids is 2. The van der Waals surface area contributed by atoms with Gasteiger partial charge in [0.05, 0.1) is 19.8 Å². The molecule has 1 aliphatic heterocycles. The quantitative estimate of drug-likeness (QED) is 0.426. The summed E-state index contributed by atoms with van der Waals surface area (Å²) < 4.78 is 16.7. The first-order valence-electron chi connectivity index (χ1n) is 8.32. The molecule has 0 aromatic heterocycles. The van der Waals surface area contributed by atoms with Crippen molar-refractivity contribution in [2.24, 2.45) is 0 Å². The molecule has 140 valence electrons. The first-order chi connectivity index (χ1) is 13.1. The molecule has 27 heavy (non-hydrogen) atoms. The minimum absolute atomic E-state index is 0.0417. The van der Waals surface area contributed by atoms with Gasteiger partial charge in [0.15, 0.2) is 0 Å². The van der Waals surface area contributed by atoms with Gasteiger partial charge >= 0.3 is 8.60 Å². The number of rotatable bonds is 8. The summed E-state index contributed by atoms with van der Waals surface area (Å²) in [7, 11) is -1.71. The molecule has 0 spiro atoms. The second kappa shape index (κ2) is 8.47. The predicted molar refractivity (Wildman–Crippen MR) is 100 cm³/mol. The Hall–Kier alpha value is -2.49. The second-order valence-corrected chi connectivity index (χ2v) is 6.68. The van der Waals surface area contributed by atoms with Crippen LogP contribution >= 0.6 is 8.60 Å². The highest BCUT2D eigenvalue weighted by Crippen LogP contribution is 2.44. The van der Waals surface area contributed by atoms with E-state index in [1.54, 1.807) is 30.3 Å². The molecule has 0 radical (unpaired) electrons. The highest BCUT2D eigenvalue weighted by atomic mass is 31.2. The average molecular weight is 387 g/mol. The Kier molecular flexibility index (Phi) is 6.04. The molecule has 1 heterocycles. The van der Waals surface area contributed by atoms with Gasteiger partial charge in [-0.25, -0.2) is 0 Å². The van der Waals surface area contributed by atoms with Crippen molar-refractivity contribution < 1.29 is 28.3 Å². The monoisotopic (exact) mass is 387 g/mol. The number of terminal acetylenes is 1. The van der Waals surface area contributed by atoms with Crippen molar-refractivity contribution in [1.29, 1.82) is 0 Å². The van der Waals surface area contributed by atoms with Gasteiger partial charge in [0.1, 0.15) is 12.4 Å². The first-order valence-corrected chi connectivity index (χ1v) is 9.42. The van der Waals surface area contributed by atoms with E-state index >= 15 is 0 Å². The van der Waals surface area contributed by atoms with E-state index < -0.39 is 20.4 Å². The topological polar surface area (TPSA) is 85.3 Å². The second-order valence-electron chi connectivity index (χ2n) is 5.54. The lowest BCUT2D eigenvalue weighted by atomic mass is 9.93. The number of aliphatic hydroxyl groups excluding tert-OH is 1. The van der Waals surface area contributed by atoms with Crippen LogP contribution in [-0.4, -0.2) is 48.2 Å². The molecule has 2 aromatic carbocycles. The van der Waals surface area contributed by atoms with Crippen molar-refractivity contribution in [3.8, 4) is 18.1 Å². The van der Waals surface area contributed by atoms with Crippen molar-refractivity contribution in [2.45, 2.75) is 6.92 Å². The van der Waals surface area contributed by atoms with Gasteiger partial charge < -0.3 is 14.2 Å². The Labute approximate surface area is 157 Å². The Morgan fingerprint density at radius 1 is 1.15 bits per heavy atom. The van der Waals surface area contributed by atoms with Crippen molar-refractivity contribution in [1.82, 2.24) is 4.90 Å². The summed E-state index contributed by atoms with van der Waals surface area (Å²) in [4.78, 5) is 26.4. The highest BCUT2D eigenvalue weighted by Gasteiger charge is 2.33. The van der Waals surface area contributed by atoms with Gasteiger partial charge in [-0.3, -0.25) is 19.0 Å². The van der Waals surface area contributed by atoms with Gasteiger partial charge in [-0.1, -0.05) is 18.1 Å². The fourth-order valence-electron chi connectivity index (χ4n) is 2.87. The van der Waals surface area contributed by atoms with E-state index in [0.717, 1.165) is 4.90 Å². The normalized spacial score (nSPS) is 14.3. The van der Waals surface area contributed by atoms with Crippen molar-refractivity contribution in [3.63, 3.8) is 0 Å². The SMILES string of the molecule is C#CCOP(OCC)Oc1ccc2c3c(cccc13)C(=O)N(CCO)C2=O. The number of imide groups is 1. The third kappa shape index (κ3) is 3.66. The molecule has 0 aliphatic carbocycles. The van der Waals surface area contributed by atoms with Gasteiger partial charge in [0.25, 0.3) is 11.8 Å². The molecule has 0 bridgehead atoms. The fraction of sp³-hybridized carbons (Fsp3) is 0.263. The lowest BCUT2D eigenvalue weighted by Crippen LogP contribution is -2.41. The van der Waals surface area contributed by atoms with E-state index in [4.69, 9.17) is 25.1 Å². The molecule has 3 rings (SSSR count). The minimum Gasteiger partial charge on any atom is -0.426 e. The van der Waals surface area contributed by atoms with E-state index in [-0.39, 0.29) is 19.8 Å². The maximum atomic E-state index is 12.7. The average Bonchev–Trinajstić information content (AvgIpc) is 2.68. The third-order valence-electron chi connectivity index (χ3n) is 3.94. The van der Waals surface area contributed by atoms with Crippen LogP contribution in [0.4, 0.5) is 0 Å². The van der Waals surface area contributed by atoms with Crippen LogP contribution in [0.3, 0.4) is 0 Å². The van der Waals surface area contributed by atoms with Crippen LogP contribution in [0, 0.1) is 12.3 Å². The largest absolute Gasteiger partial charge is 0.426 e. The number of carbonyl (C=O) groups is 2. The summed E-state index contributed by atoms with van der Waals surface area (Å²) in [6.07, 6.45) is 5.22. The van der Waals surface area contributed by atoms with E-state index in [9.17, 15) is 9.59 Å². The third-order valence-corrected chi connectivity index (χ3v) is 5.09. The predicted octanol–water partition coefficient (Wildman–Crippen LogP) is 2.72. The van der Waals surface area contributed by atoms with E-state index in [2.05, 4.69) is 5.92 Å². The molecule has 8 heteroatoms. The molecule has 0 fully saturated rings. The number of hydrogen-bond acceptors (Lipinski definition) is 6. The van der Waals surface area contributed by atoms with Gasteiger partial charge in [-0.2, -0.15) is 0 Å². The van der Waals surface area contributed by atoms with E-state index in [0.29, 0.717) is 34.3 Å². The number of amides is 2. The maximum Gasteiger partial charge on any atom is 0.398 e. The van der Waals surface area contributed by atoms with Crippen LogP contribution in [0.5, 0.6) is 5.75 Å². The van der Waals surface area contributed by atoms with Gasteiger partial charge in [0.2, 0.25) is 0 Å². The van der Waals surface area contributed by atoms with E-state index in [1.807, 2.05) is 6.92 Å². The molecular weight excluding hydrogens is 369 g/mol. The lowest BCUT2D eigenvalue weighted by molar-refractivity contribution is 0.0580. The molecule has 1 aliphatic rings. The number of nitrogens with zero attached hydrogens (tertiary/aromatic N) is 1. The lowest BCUT2D eigenvalue weighted by Gasteiger charge is -2.27. The smallest absolute Gasteiger partial charge is 0.398 e. The minimum atomic E-state index is -1.71. The Morgan fingerprint density at radius 3 is 2.56 bits per heavy atom. The van der Waals surface area contributed by atoms with Crippen molar-refractivity contribution in [2.75, 3.05) is 26.4 Å². The molecule has 0 saturated heterocycles. The van der Waals surface area contributed by atoms with Crippen LogP contribution in [0.2, 0.25) is 0 Å². The summed E-state index contributed by atoms with van der Waals surface area (Å²) in [6.45, 7) is 1.88. The fourth-order valence-corrected chi connectivity index (χ4v) is 3.76. The van der Waals surface area contributed by atoms with Gasteiger partial charge in [0, 0.05) is 21.9 Å². The summed E-state index contributed by atoms with van der Waals surface area (Å²) in [5.41, 5.74) is 0.762. The number of β-amino-alcohol motifs (C(OH)–C–C–N with tert-alkyl or cyclic N) is 1. The maximum absolute atomic E-state index is 12.7. The van der Waals surface area contributed by atoms with Gasteiger partial charge in [-0.15, -0.1) is 6.42 Å². The van der Waals surface area contributed by atoms with E-state index in [1.165, 1.54) is 0 Å². The highest BCUT2D eigenvalue weighted by molar-refractivity contribution is 7.42. The zero-order valence-electron chi connectivity index (χ0n) is 14.7. The zero-order chi connectivity index (χ0) is 19.4. The number of benzene rings is 2. The van der Waals surface area contributed by atoms with Crippen molar-refractivity contribution in [3.05, 3.63) is 41.5 Å². The molecule has 0 saturated carbocycles. The molecule has 1 atom stereocenters. The number of hydrogen-bond donors (Lipinski definition) is 1. The molecule has 1 unspecified atom stereocenters. The summed E-state index contributed by atoms with van der Waals surface area (Å²) in [5.74, 6) is 1.91. The Bertz CT molecular complexity index is 900. The van der Waals surface area contributed by atoms with Crippen molar-refractivity contribution >= 4 is 31.2 Å². The summed E-state index contributed by atoms with van der Waals surface area (Å²) >= 11 is 0. The first kappa shape index (κ1) is 19.3. The number of aliphatic hydroxyl groups is 1. The summed E-state index contributed by atoms with van der Waals surface area (Å²) in [5, 5.41) is 10.3. The molecular formula is C19H18NO6P. The van der Waals surface area contributed by atoms with Crippen LogP contribution in [0.15, 0.2) is 30.3 Å². The molecule has 1 N–H and O–H groups in total. The van der Waals surface area contributed by atoms with Crippen LogP contribution < -0.4 is 4.52 Å². The van der Waals surface area contributed by atoms with Crippen LogP contribution in [0.25, 0.3) is 10.8 Å².